The lowest BCUT2D eigenvalue weighted by molar-refractivity contribution is 0.0605. The van der Waals surface area contributed by atoms with Crippen LogP contribution < -0.4 is 0 Å². The van der Waals surface area contributed by atoms with Gasteiger partial charge in [0.1, 0.15) is 11.5 Å². The molecule has 0 aliphatic carbocycles. The van der Waals surface area contributed by atoms with Crippen molar-refractivity contribution in [1.29, 1.82) is 0 Å². The number of hydrogen-bond acceptors (Lipinski definition) is 5. The van der Waals surface area contributed by atoms with E-state index in [1.165, 1.54) is 0 Å². The van der Waals surface area contributed by atoms with Gasteiger partial charge in [0.15, 0.2) is 5.82 Å². The molecule has 0 spiro atoms. The van der Waals surface area contributed by atoms with Gasteiger partial charge in [0.25, 0.3) is 5.91 Å². The van der Waals surface area contributed by atoms with Crippen LogP contribution in [0.1, 0.15) is 52.9 Å². The van der Waals surface area contributed by atoms with Crippen LogP contribution in [0.25, 0.3) is 11.5 Å². The molecule has 1 fully saturated rings. The van der Waals surface area contributed by atoms with Crippen LogP contribution in [0.2, 0.25) is 0 Å². The summed E-state index contributed by atoms with van der Waals surface area (Å²) < 4.78 is 0. The molecular formula is C20H22N6O. The SMILES string of the molecule is Cc1nc(-c2ncc(C)[nH]2)cc([C@H]2CCCCN2C(=O)c2ccncc2)n1. The maximum absolute atomic E-state index is 13.1. The second-order valence-electron chi connectivity index (χ2n) is 6.89. The summed E-state index contributed by atoms with van der Waals surface area (Å²) in [7, 11) is 0. The fraction of sp³-hybridized carbons (Fsp3) is 0.350. The Labute approximate surface area is 157 Å². The summed E-state index contributed by atoms with van der Waals surface area (Å²) in [5, 5.41) is 0. The van der Waals surface area contributed by atoms with E-state index in [0.29, 0.717) is 11.4 Å². The van der Waals surface area contributed by atoms with Gasteiger partial charge in [-0.25, -0.2) is 15.0 Å². The monoisotopic (exact) mass is 362 g/mol. The Morgan fingerprint density at radius 3 is 2.74 bits per heavy atom. The van der Waals surface area contributed by atoms with E-state index in [-0.39, 0.29) is 11.9 Å². The fourth-order valence-corrected chi connectivity index (χ4v) is 3.57. The molecule has 27 heavy (non-hydrogen) atoms. The maximum Gasteiger partial charge on any atom is 0.254 e. The van der Waals surface area contributed by atoms with E-state index >= 15 is 0 Å². The Bertz CT molecular complexity index is 952. The lowest BCUT2D eigenvalue weighted by Gasteiger charge is -2.35. The number of aromatic amines is 1. The maximum atomic E-state index is 13.1. The predicted octanol–water partition coefficient (Wildman–Crippen LogP) is 3.25. The number of carbonyl (C=O) groups is 1. The van der Waals surface area contributed by atoms with Crippen molar-refractivity contribution in [1.82, 2.24) is 29.8 Å². The van der Waals surface area contributed by atoms with Crippen molar-refractivity contribution in [3.8, 4) is 11.5 Å². The molecule has 1 amide bonds. The van der Waals surface area contributed by atoms with Gasteiger partial charge in [-0.1, -0.05) is 0 Å². The van der Waals surface area contributed by atoms with Crippen LogP contribution in [0, 0.1) is 13.8 Å². The van der Waals surface area contributed by atoms with Crippen LogP contribution in [-0.2, 0) is 0 Å². The Kier molecular flexibility index (Phi) is 4.66. The molecule has 7 heteroatoms. The molecule has 1 aliphatic rings. The number of hydrogen-bond donors (Lipinski definition) is 1. The average molecular weight is 362 g/mol. The normalized spacial score (nSPS) is 17.1. The van der Waals surface area contributed by atoms with Crippen molar-refractivity contribution in [3.05, 3.63) is 59.6 Å². The molecule has 0 bridgehead atoms. The van der Waals surface area contributed by atoms with Crippen LogP contribution in [0.5, 0.6) is 0 Å². The van der Waals surface area contributed by atoms with E-state index in [0.717, 1.165) is 48.7 Å². The topological polar surface area (TPSA) is 87.7 Å². The van der Waals surface area contributed by atoms with Crippen molar-refractivity contribution in [2.24, 2.45) is 0 Å². The van der Waals surface area contributed by atoms with Gasteiger partial charge < -0.3 is 9.88 Å². The molecule has 1 N–H and O–H groups in total. The molecule has 0 aromatic carbocycles. The molecule has 7 nitrogen and oxygen atoms in total. The summed E-state index contributed by atoms with van der Waals surface area (Å²) in [6, 6.07) is 5.41. The quantitative estimate of drug-likeness (QED) is 0.773. The molecule has 138 valence electrons. The van der Waals surface area contributed by atoms with E-state index in [4.69, 9.17) is 0 Å². The van der Waals surface area contributed by atoms with E-state index < -0.39 is 0 Å². The molecule has 1 aliphatic heterocycles. The zero-order chi connectivity index (χ0) is 18.8. The first-order valence-electron chi connectivity index (χ1n) is 9.20. The molecule has 4 heterocycles. The van der Waals surface area contributed by atoms with Crippen molar-refractivity contribution < 1.29 is 4.79 Å². The van der Waals surface area contributed by atoms with Crippen LogP contribution in [0.3, 0.4) is 0 Å². The number of likely N-dealkylation sites (tertiary alicyclic amines) is 1. The van der Waals surface area contributed by atoms with Crippen molar-refractivity contribution in [2.75, 3.05) is 6.54 Å². The molecule has 1 atom stereocenters. The first kappa shape index (κ1) is 17.3. The highest BCUT2D eigenvalue weighted by atomic mass is 16.2. The molecular weight excluding hydrogens is 340 g/mol. The summed E-state index contributed by atoms with van der Waals surface area (Å²) in [5.74, 6) is 1.43. The number of rotatable bonds is 3. The van der Waals surface area contributed by atoms with Gasteiger partial charge in [0, 0.05) is 36.4 Å². The largest absolute Gasteiger partial charge is 0.341 e. The Morgan fingerprint density at radius 2 is 2.00 bits per heavy atom. The Balaban J connectivity index is 1.70. The Morgan fingerprint density at radius 1 is 1.19 bits per heavy atom. The highest BCUT2D eigenvalue weighted by Crippen LogP contribution is 2.32. The standard InChI is InChI=1S/C20H22N6O/c1-13-12-22-19(23-13)17-11-16(24-14(2)25-17)18-5-3-4-10-26(18)20(27)15-6-8-21-9-7-15/h6-9,11-12,18H,3-5,10H2,1-2H3,(H,22,23)/t18-/m1/s1. The summed E-state index contributed by atoms with van der Waals surface area (Å²) in [6.07, 6.45) is 8.05. The highest BCUT2D eigenvalue weighted by Gasteiger charge is 2.30. The number of nitrogens with one attached hydrogen (secondary N) is 1. The van der Waals surface area contributed by atoms with Crippen molar-refractivity contribution in [3.63, 3.8) is 0 Å². The minimum atomic E-state index is -0.0593. The van der Waals surface area contributed by atoms with Crippen LogP contribution in [-0.4, -0.2) is 42.3 Å². The van der Waals surface area contributed by atoms with Gasteiger partial charge in [0.05, 0.1) is 11.7 Å². The third-order valence-electron chi connectivity index (χ3n) is 4.84. The summed E-state index contributed by atoms with van der Waals surface area (Å²) >= 11 is 0. The van der Waals surface area contributed by atoms with E-state index in [9.17, 15) is 4.79 Å². The highest BCUT2D eigenvalue weighted by molar-refractivity contribution is 5.94. The average Bonchev–Trinajstić information content (AvgIpc) is 3.14. The lowest BCUT2D eigenvalue weighted by Crippen LogP contribution is -2.39. The number of pyridine rings is 1. The van der Waals surface area contributed by atoms with Crippen molar-refractivity contribution in [2.45, 2.75) is 39.2 Å². The molecule has 0 radical (unpaired) electrons. The summed E-state index contributed by atoms with van der Waals surface area (Å²) in [6.45, 7) is 4.56. The lowest BCUT2D eigenvalue weighted by atomic mass is 9.97. The molecule has 1 saturated heterocycles. The van der Waals surface area contributed by atoms with Gasteiger partial charge in [-0.2, -0.15) is 0 Å². The number of H-pyrrole nitrogens is 1. The number of aromatic nitrogens is 5. The smallest absolute Gasteiger partial charge is 0.254 e. The predicted molar refractivity (Wildman–Crippen MR) is 101 cm³/mol. The third kappa shape index (κ3) is 3.58. The minimum Gasteiger partial charge on any atom is -0.341 e. The first-order chi connectivity index (χ1) is 13.1. The van der Waals surface area contributed by atoms with Gasteiger partial charge in [-0.3, -0.25) is 9.78 Å². The molecule has 3 aromatic rings. The number of carbonyl (C=O) groups excluding carboxylic acids is 1. The summed E-state index contributed by atoms with van der Waals surface area (Å²) in [4.78, 5) is 35.8. The number of amides is 1. The second-order valence-corrected chi connectivity index (χ2v) is 6.89. The summed E-state index contributed by atoms with van der Waals surface area (Å²) in [5.41, 5.74) is 3.26. The number of imidazole rings is 1. The van der Waals surface area contributed by atoms with Crippen LogP contribution >= 0.6 is 0 Å². The third-order valence-corrected chi connectivity index (χ3v) is 4.84. The van der Waals surface area contributed by atoms with Gasteiger partial charge in [-0.15, -0.1) is 0 Å². The molecule has 0 unspecified atom stereocenters. The number of aryl methyl sites for hydroxylation is 2. The van der Waals surface area contributed by atoms with Crippen LogP contribution in [0.4, 0.5) is 0 Å². The van der Waals surface area contributed by atoms with Gasteiger partial charge >= 0.3 is 0 Å². The number of piperidine rings is 1. The molecule has 3 aromatic heterocycles. The van der Waals surface area contributed by atoms with E-state index in [2.05, 4.69) is 24.9 Å². The first-order valence-corrected chi connectivity index (χ1v) is 9.20. The Hall–Kier alpha value is -3.09. The zero-order valence-electron chi connectivity index (χ0n) is 15.5. The molecule has 4 rings (SSSR count). The molecule has 0 saturated carbocycles. The van der Waals surface area contributed by atoms with E-state index in [1.54, 1.807) is 30.7 Å². The van der Waals surface area contributed by atoms with E-state index in [1.807, 2.05) is 24.8 Å². The van der Waals surface area contributed by atoms with Gasteiger partial charge in [0.2, 0.25) is 0 Å². The second kappa shape index (κ2) is 7.26. The van der Waals surface area contributed by atoms with Crippen LogP contribution in [0.15, 0.2) is 36.8 Å². The number of nitrogens with zero attached hydrogens (tertiary/aromatic N) is 5. The van der Waals surface area contributed by atoms with Gasteiger partial charge in [-0.05, 0) is 51.3 Å². The van der Waals surface area contributed by atoms with Crippen molar-refractivity contribution >= 4 is 5.91 Å². The zero-order valence-corrected chi connectivity index (χ0v) is 15.5. The fourth-order valence-electron chi connectivity index (χ4n) is 3.57. The minimum absolute atomic E-state index is 0.0220.